The summed E-state index contributed by atoms with van der Waals surface area (Å²) in [5.74, 6) is -1.05. The van der Waals surface area contributed by atoms with E-state index in [-0.39, 0.29) is 41.7 Å². The lowest BCUT2D eigenvalue weighted by Gasteiger charge is -2.40. The van der Waals surface area contributed by atoms with Gasteiger partial charge in [-0.15, -0.1) is 0 Å². The highest BCUT2D eigenvalue weighted by molar-refractivity contribution is 7.89. The number of nitrogens with zero attached hydrogens (tertiary/aromatic N) is 2. The Hall–Kier alpha value is -2.38. The fourth-order valence-corrected chi connectivity index (χ4v) is 5.17. The third-order valence-electron chi connectivity index (χ3n) is 5.07. The van der Waals surface area contributed by atoms with Crippen LogP contribution in [0.4, 0.5) is 0 Å². The van der Waals surface area contributed by atoms with Crippen molar-refractivity contribution in [1.82, 2.24) is 9.29 Å². The molecule has 0 N–H and O–H groups in total. The SMILES string of the molecule is Cc1ccc(S(=O)(=O)N2CC(CC(=O)c3ccccn3)C(=O)C(C)(C)C2)cc1. The number of aryl methyl sites for hydroxylation is 1. The summed E-state index contributed by atoms with van der Waals surface area (Å²) in [6, 6.07) is 11.7. The molecule has 0 spiro atoms. The van der Waals surface area contributed by atoms with Crippen LogP contribution in [0.5, 0.6) is 0 Å². The number of rotatable bonds is 5. The van der Waals surface area contributed by atoms with E-state index in [1.807, 2.05) is 6.92 Å². The van der Waals surface area contributed by atoms with E-state index < -0.39 is 21.4 Å². The number of pyridine rings is 1. The van der Waals surface area contributed by atoms with Crippen LogP contribution in [0.15, 0.2) is 53.6 Å². The maximum Gasteiger partial charge on any atom is 0.243 e. The zero-order valence-corrected chi connectivity index (χ0v) is 17.1. The van der Waals surface area contributed by atoms with Gasteiger partial charge in [-0.1, -0.05) is 37.6 Å². The monoisotopic (exact) mass is 400 g/mol. The van der Waals surface area contributed by atoms with Crippen molar-refractivity contribution in [2.45, 2.75) is 32.1 Å². The highest BCUT2D eigenvalue weighted by Crippen LogP contribution is 2.34. The molecule has 2 aromatic rings. The summed E-state index contributed by atoms with van der Waals surface area (Å²) in [7, 11) is -3.75. The molecule has 1 unspecified atom stereocenters. The van der Waals surface area contributed by atoms with E-state index in [0.717, 1.165) is 5.56 Å². The fourth-order valence-electron chi connectivity index (χ4n) is 3.52. The summed E-state index contributed by atoms with van der Waals surface area (Å²) in [5, 5.41) is 0. The van der Waals surface area contributed by atoms with Crippen molar-refractivity contribution in [1.29, 1.82) is 0 Å². The van der Waals surface area contributed by atoms with E-state index in [0.29, 0.717) is 0 Å². The predicted octanol–water partition coefficient (Wildman–Crippen LogP) is 2.88. The third-order valence-corrected chi connectivity index (χ3v) is 6.90. The Morgan fingerprint density at radius 3 is 2.46 bits per heavy atom. The molecule has 148 valence electrons. The number of piperidine rings is 1. The number of aromatic nitrogens is 1. The fraction of sp³-hybridized carbons (Fsp3) is 0.381. The summed E-state index contributed by atoms with van der Waals surface area (Å²) in [5.41, 5.74) is 0.379. The normalized spacial score (nSPS) is 20.1. The van der Waals surface area contributed by atoms with E-state index in [1.165, 1.54) is 10.5 Å². The molecule has 28 heavy (non-hydrogen) atoms. The number of hydrogen-bond acceptors (Lipinski definition) is 5. The molecule has 2 heterocycles. The van der Waals surface area contributed by atoms with Crippen molar-refractivity contribution in [3.63, 3.8) is 0 Å². The van der Waals surface area contributed by atoms with Gasteiger partial charge in [0.25, 0.3) is 0 Å². The molecule has 7 heteroatoms. The minimum absolute atomic E-state index is 0.00293. The summed E-state index contributed by atoms with van der Waals surface area (Å²) in [6.45, 7) is 5.43. The van der Waals surface area contributed by atoms with Crippen LogP contribution in [0.3, 0.4) is 0 Å². The molecule has 0 bridgehead atoms. The van der Waals surface area contributed by atoms with Gasteiger partial charge in [0.2, 0.25) is 10.0 Å². The smallest absolute Gasteiger partial charge is 0.243 e. The molecule has 1 aromatic heterocycles. The number of sulfonamides is 1. The van der Waals surface area contributed by atoms with Crippen LogP contribution in [0.1, 0.15) is 36.3 Å². The molecule has 6 nitrogen and oxygen atoms in total. The maximum absolute atomic E-state index is 13.1. The van der Waals surface area contributed by atoms with Gasteiger partial charge < -0.3 is 0 Å². The first-order valence-electron chi connectivity index (χ1n) is 9.16. The van der Waals surface area contributed by atoms with Crippen molar-refractivity contribution >= 4 is 21.6 Å². The van der Waals surface area contributed by atoms with Gasteiger partial charge in [-0.3, -0.25) is 14.6 Å². The molecule has 0 aliphatic carbocycles. The number of ketones is 2. The minimum Gasteiger partial charge on any atom is -0.299 e. The molecule has 3 rings (SSSR count). The van der Waals surface area contributed by atoms with Gasteiger partial charge in [0, 0.05) is 37.0 Å². The zero-order valence-electron chi connectivity index (χ0n) is 16.3. The van der Waals surface area contributed by atoms with Gasteiger partial charge in [-0.25, -0.2) is 8.42 Å². The Morgan fingerprint density at radius 2 is 1.86 bits per heavy atom. The molecule has 1 saturated heterocycles. The molecule has 1 fully saturated rings. The van der Waals surface area contributed by atoms with Gasteiger partial charge in [0.1, 0.15) is 11.5 Å². The molecule has 0 radical (unpaired) electrons. The van der Waals surface area contributed by atoms with Crippen molar-refractivity contribution < 1.29 is 18.0 Å². The first-order chi connectivity index (χ1) is 13.1. The Balaban J connectivity index is 1.87. The average Bonchev–Trinajstić information content (AvgIpc) is 2.66. The highest BCUT2D eigenvalue weighted by Gasteiger charge is 2.45. The Morgan fingerprint density at radius 1 is 1.18 bits per heavy atom. The van der Waals surface area contributed by atoms with E-state index >= 15 is 0 Å². The van der Waals surface area contributed by atoms with Crippen LogP contribution in [-0.4, -0.2) is 42.4 Å². The van der Waals surface area contributed by atoms with E-state index in [9.17, 15) is 18.0 Å². The number of benzene rings is 1. The second-order valence-corrected chi connectivity index (χ2v) is 9.84. The topological polar surface area (TPSA) is 84.4 Å². The first-order valence-corrected chi connectivity index (χ1v) is 10.6. The lowest BCUT2D eigenvalue weighted by Crippen LogP contribution is -2.53. The van der Waals surface area contributed by atoms with Crippen LogP contribution in [0.25, 0.3) is 0 Å². The Labute approximate surface area is 165 Å². The van der Waals surface area contributed by atoms with Crippen molar-refractivity contribution in [3.05, 3.63) is 59.9 Å². The van der Waals surface area contributed by atoms with Crippen molar-refractivity contribution in [2.24, 2.45) is 11.3 Å². The quantitative estimate of drug-likeness (QED) is 0.721. The molecular weight excluding hydrogens is 376 g/mol. The van der Waals surface area contributed by atoms with Crippen LogP contribution in [0.2, 0.25) is 0 Å². The van der Waals surface area contributed by atoms with Crippen LogP contribution >= 0.6 is 0 Å². The maximum atomic E-state index is 13.1. The Bertz CT molecular complexity index is 983. The standard InChI is InChI=1S/C21H24N2O4S/c1-15-7-9-17(10-8-15)28(26,27)23-13-16(20(25)21(2,3)14-23)12-19(24)18-6-4-5-11-22-18/h4-11,16H,12-14H2,1-3H3. The first kappa shape index (κ1) is 20.4. The van der Waals surface area contributed by atoms with Crippen LogP contribution < -0.4 is 0 Å². The van der Waals surface area contributed by atoms with Gasteiger partial charge in [-0.05, 0) is 31.2 Å². The van der Waals surface area contributed by atoms with E-state index in [2.05, 4.69) is 4.98 Å². The number of hydrogen-bond donors (Lipinski definition) is 0. The molecule has 0 amide bonds. The Kier molecular flexibility index (Phi) is 5.50. The lowest BCUT2D eigenvalue weighted by atomic mass is 9.76. The molecule has 1 aliphatic rings. The molecule has 1 aromatic carbocycles. The summed E-state index contributed by atoms with van der Waals surface area (Å²) in [6.07, 6.45) is 1.47. The lowest BCUT2D eigenvalue weighted by molar-refractivity contribution is -0.135. The van der Waals surface area contributed by atoms with Crippen molar-refractivity contribution in [2.75, 3.05) is 13.1 Å². The number of carbonyl (C=O) groups excluding carboxylic acids is 2. The number of Topliss-reactive ketones (excluding diaryl/α,β-unsaturated/α-hetero) is 2. The predicted molar refractivity (Wildman–Crippen MR) is 105 cm³/mol. The molecular formula is C21H24N2O4S. The summed E-state index contributed by atoms with van der Waals surface area (Å²) >= 11 is 0. The summed E-state index contributed by atoms with van der Waals surface area (Å²) < 4.78 is 27.6. The second kappa shape index (κ2) is 7.56. The minimum atomic E-state index is -3.75. The zero-order chi connectivity index (χ0) is 20.5. The van der Waals surface area contributed by atoms with Gasteiger partial charge >= 0.3 is 0 Å². The van der Waals surface area contributed by atoms with Crippen LogP contribution in [0, 0.1) is 18.3 Å². The van der Waals surface area contributed by atoms with Gasteiger partial charge in [-0.2, -0.15) is 4.31 Å². The third kappa shape index (κ3) is 4.05. The molecule has 1 atom stereocenters. The van der Waals surface area contributed by atoms with Gasteiger partial charge in [0.05, 0.1) is 4.90 Å². The van der Waals surface area contributed by atoms with Gasteiger partial charge in [0.15, 0.2) is 5.78 Å². The summed E-state index contributed by atoms with van der Waals surface area (Å²) in [4.78, 5) is 29.7. The average molecular weight is 401 g/mol. The highest BCUT2D eigenvalue weighted by atomic mass is 32.2. The van der Waals surface area contributed by atoms with E-state index in [4.69, 9.17) is 0 Å². The second-order valence-electron chi connectivity index (χ2n) is 7.90. The number of carbonyl (C=O) groups is 2. The molecule has 1 aliphatic heterocycles. The largest absolute Gasteiger partial charge is 0.299 e. The van der Waals surface area contributed by atoms with E-state index in [1.54, 1.807) is 56.3 Å². The van der Waals surface area contributed by atoms with Crippen molar-refractivity contribution in [3.8, 4) is 0 Å². The van der Waals surface area contributed by atoms with Crippen LogP contribution in [-0.2, 0) is 14.8 Å². The molecule has 0 saturated carbocycles.